The van der Waals surface area contributed by atoms with Crippen LogP contribution in [0.3, 0.4) is 0 Å². The van der Waals surface area contributed by atoms with Gasteiger partial charge < -0.3 is 15.4 Å². The number of ether oxygens (including phenoxy) is 1. The summed E-state index contributed by atoms with van der Waals surface area (Å²) in [6, 6.07) is 13.9. The quantitative estimate of drug-likeness (QED) is 0.736. The second-order valence-corrected chi connectivity index (χ2v) is 6.52. The van der Waals surface area contributed by atoms with E-state index in [9.17, 15) is 14.4 Å². The van der Waals surface area contributed by atoms with Gasteiger partial charge in [-0.1, -0.05) is 19.1 Å². The molecule has 0 unspecified atom stereocenters. The summed E-state index contributed by atoms with van der Waals surface area (Å²) in [6.45, 7) is 1.67. The van der Waals surface area contributed by atoms with Crippen molar-refractivity contribution in [3.05, 3.63) is 59.7 Å². The summed E-state index contributed by atoms with van der Waals surface area (Å²) in [5.74, 6) is -0.863. The monoisotopic (exact) mass is 366 g/mol. The Morgan fingerprint density at radius 3 is 2.41 bits per heavy atom. The summed E-state index contributed by atoms with van der Waals surface area (Å²) in [4.78, 5) is 35.7. The molecule has 1 saturated carbocycles. The van der Waals surface area contributed by atoms with E-state index in [4.69, 9.17) is 4.74 Å². The van der Waals surface area contributed by atoms with Crippen LogP contribution in [-0.4, -0.2) is 24.4 Å². The van der Waals surface area contributed by atoms with E-state index in [-0.39, 0.29) is 18.4 Å². The molecule has 0 heterocycles. The van der Waals surface area contributed by atoms with Gasteiger partial charge in [0.1, 0.15) is 0 Å². The molecular weight excluding hydrogens is 344 g/mol. The van der Waals surface area contributed by atoms with E-state index < -0.39 is 11.9 Å². The van der Waals surface area contributed by atoms with Crippen LogP contribution in [0.4, 0.5) is 11.4 Å². The third-order valence-corrected chi connectivity index (χ3v) is 4.29. The van der Waals surface area contributed by atoms with Gasteiger partial charge in [-0.3, -0.25) is 9.59 Å². The van der Waals surface area contributed by atoms with Gasteiger partial charge in [0, 0.05) is 17.3 Å². The maximum Gasteiger partial charge on any atom is 0.338 e. The molecule has 0 radical (unpaired) electrons. The van der Waals surface area contributed by atoms with Crippen LogP contribution in [0.5, 0.6) is 0 Å². The molecule has 1 fully saturated rings. The van der Waals surface area contributed by atoms with E-state index in [1.165, 1.54) is 0 Å². The van der Waals surface area contributed by atoms with Gasteiger partial charge in [-0.15, -0.1) is 0 Å². The molecule has 1 aliphatic carbocycles. The molecular formula is C21H22N2O4. The first kappa shape index (κ1) is 18.6. The summed E-state index contributed by atoms with van der Waals surface area (Å²) < 4.78 is 5.05. The fraction of sp³-hybridized carbons (Fsp3) is 0.286. The van der Waals surface area contributed by atoms with E-state index in [2.05, 4.69) is 10.6 Å². The number of aryl methyl sites for hydroxylation is 1. The molecule has 1 aliphatic rings. The van der Waals surface area contributed by atoms with Gasteiger partial charge >= 0.3 is 5.97 Å². The van der Waals surface area contributed by atoms with Crippen LogP contribution in [-0.2, 0) is 20.7 Å². The number of rotatable bonds is 7. The third-order valence-electron chi connectivity index (χ3n) is 4.29. The lowest BCUT2D eigenvalue weighted by atomic mass is 10.1. The van der Waals surface area contributed by atoms with Gasteiger partial charge in [-0.05, 0) is 61.2 Å². The van der Waals surface area contributed by atoms with Gasteiger partial charge in [-0.25, -0.2) is 4.79 Å². The molecule has 140 valence electrons. The smallest absolute Gasteiger partial charge is 0.338 e. The summed E-state index contributed by atoms with van der Waals surface area (Å²) in [5, 5.41) is 5.51. The summed E-state index contributed by atoms with van der Waals surface area (Å²) in [7, 11) is 0. The maximum absolute atomic E-state index is 12.1. The number of esters is 1. The third kappa shape index (κ3) is 5.41. The molecule has 2 aromatic carbocycles. The molecule has 2 aromatic rings. The van der Waals surface area contributed by atoms with Gasteiger partial charge in [0.15, 0.2) is 6.61 Å². The maximum atomic E-state index is 12.1. The zero-order valence-electron chi connectivity index (χ0n) is 15.2. The standard InChI is InChI=1S/C21H22N2O4/c1-2-14-4-3-5-18(12-14)22-19(24)13-27-21(26)16-8-10-17(11-9-16)23-20(25)15-6-7-15/h3-5,8-12,15H,2,6-7,13H2,1H3,(H,22,24)(H,23,25). The number of amides is 2. The number of carbonyl (C=O) groups is 3. The number of carbonyl (C=O) groups excluding carboxylic acids is 3. The molecule has 2 N–H and O–H groups in total. The molecule has 0 aromatic heterocycles. The van der Waals surface area contributed by atoms with E-state index in [1.54, 1.807) is 30.3 Å². The van der Waals surface area contributed by atoms with E-state index in [1.807, 2.05) is 25.1 Å². The number of anilines is 2. The number of nitrogens with one attached hydrogen (secondary N) is 2. The fourth-order valence-electron chi connectivity index (χ4n) is 2.56. The van der Waals surface area contributed by atoms with Crippen molar-refractivity contribution in [3.8, 4) is 0 Å². The van der Waals surface area contributed by atoms with Crippen LogP contribution < -0.4 is 10.6 Å². The van der Waals surface area contributed by atoms with Gasteiger partial charge in [-0.2, -0.15) is 0 Å². The van der Waals surface area contributed by atoms with Crippen molar-refractivity contribution in [2.24, 2.45) is 5.92 Å². The molecule has 0 atom stereocenters. The Hall–Kier alpha value is -3.15. The Kier molecular flexibility index (Phi) is 5.86. The average molecular weight is 366 g/mol. The van der Waals surface area contributed by atoms with Crippen LogP contribution in [0, 0.1) is 5.92 Å². The lowest BCUT2D eigenvalue weighted by Crippen LogP contribution is -2.21. The first-order valence-corrected chi connectivity index (χ1v) is 9.02. The second-order valence-electron chi connectivity index (χ2n) is 6.52. The topological polar surface area (TPSA) is 84.5 Å². The molecule has 0 aliphatic heterocycles. The highest BCUT2D eigenvalue weighted by Crippen LogP contribution is 2.30. The Balaban J connectivity index is 1.47. The number of hydrogen-bond donors (Lipinski definition) is 2. The summed E-state index contributed by atoms with van der Waals surface area (Å²) in [6.07, 6.45) is 2.73. The predicted molar refractivity (Wildman–Crippen MR) is 103 cm³/mol. The van der Waals surface area contributed by atoms with E-state index >= 15 is 0 Å². The van der Waals surface area contributed by atoms with Crippen LogP contribution in [0.1, 0.15) is 35.7 Å². The summed E-state index contributed by atoms with van der Waals surface area (Å²) >= 11 is 0. The zero-order valence-corrected chi connectivity index (χ0v) is 15.2. The number of hydrogen-bond acceptors (Lipinski definition) is 4. The Morgan fingerprint density at radius 2 is 1.74 bits per heavy atom. The fourth-order valence-corrected chi connectivity index (χ4v) is 2.56. The highest BCUT2D eigenvalue weighted by Gasteiger charge is 2.29. The molecule has 6 nitrogen and oxygen atoms in total. The predicted octanol–water partition coefficient (Wildman–Crippen LogP) is 3.39. The van der Waals surface area contributed by atoms with Crippen LogP contribution in [0.15, 0.2) is 48.5 Å². The lowest BCUT2D eigenvalue weighted by Gasteiger charge is -2.08. The highest BCUT2D eigenvalue weighted by molar-refractivity contribution is 5.97. The van der Waals surface area contributed by atoms with Crippen molar-refractivity contribution in [2.75, 3.05) is 17.2 Å². The van der Waals surface area contributed by atoms with Gasteiger partial charge in [0.25, 0.3) is 5.91 Å². The van der Waals surface area contributed by atoms with Crippen LogP contribution >= 0.6 is 0 Å². The SMILES string of the molecule is CCc1cccc(NC(=O)COC(=O)c2ccc(NC(=O)C3CC3)cc2)c1. The molecule has 0 bridgehead atoms. The second kappa shape index (κ2) is 8.49. The zero-order chi connectivity index (χ0) is 19.2. The van der Waals surface area contributed by atoms with Gasteiger partial charge in [0.2, 0.25) is 5.91 Å². The van der Waals surface area contributed by atoms with Crippen molar-refractivity contribution in [2.45, 2.75) is 26.2 Å². The van der Waals surface area contributed by atoms with Crippen LogP contribution in [0.25, 0.3) is 0 Å². The van der Waals surface area contributed by atoms with Crippen molar-refractivity contribution < 1.29 is 19.1 Å². The molecule has 0 saturated heterocycles. The molecule has 27 heavy (non-hydrogen) atoms. The van der Waals surface area contributed by atoms with Crippen LogP contribution in [0.2, 0.25) is 0 Å². The van der Waals surface area contributed by atoms with Gasteiger partial charge in [0.05, 0.1) is 5.56 Å². The molecule has 6 heteroatoms. The van der Waals surface area contributed by atoms with Crippen molar-refractivity contribution in [1.29, 1.82) is 0 Å². The van der Waals surface area contributed by atoms with E-state index in [0.29, 0.717) is 16.9 Å². The minimum atomic E-state index is -0.590. The summed E-state index contributed by atoms with van der Waals surface area (Å²) in [5.41, 5.74) is 2.74. The van der Waals surface area contributed by atoms with Crippen molar-refractivity contribution in [1.82, 2.24) is 0 Å². The Labute approximate surface area is 157 Å². The minimum absolute atomic E-state index is 0.00846. The van der Waals surface area contributed by atoms with Crippen molar-refractivity contribution >= 4 is 29.2 Å². The first-order valence-electron chi connectivity index (χ1n) is 9.02. The van der Waals surface area contributed by atoms with Crippen molar-refractivity contribution in [3.63, 3.8) is 0 Å². The Morgan fingerprint density at radius 1 is 1.00 bits per heavy atom. The first-order chi connectivity index (χ1) is 13.0. The molecule has 2 amide bonds. The highest BCUT2D eigenvalue weighted by atomic mass is 16.5. The normalized spacial score (nSPS) is 12.9. The van der Waals surface area contributed by atoms with E-state index in [0.717, 1.165) is 24.8 Å². The largest absolute Gasteiger partial charge is 0.452 e. The Bertz CT molecular complexity index is 842. The molecule has 0 spiro atoms. The molecule has 3 rings (SSSR count). The number of benzene rings is 2. The average Bonchev–Trinajstić information content (AvgIpc) is 3.52. The lowest BCUT2D eigenvalue weighted by molar-refractivity contribution is -0.119. The minimum Gasteiger partial charge on any atom is -0.452 e.